The zero-order chi connectivity index (χ0) is 8.69. The molecule has 0 aromatic carbocycles. The molecule has 0 saturated heterocycles. The van der Waals surface area contributed by atoms with Crippen LogP contribution in [0.2, 0.25) is 0 Å². The first-order valence-corrected chi connectivity index (χ1v) is 3.73. The molecule has 0 unspecified atom stereocenters. The molecule has 64 valence electrons. The molecule has 0 radical (unpaired) electrons. The lowest BCUT2D eigenvalue weighted by molar-refractivity contribution is -0.141. The Morgan fingerprint density at radius 3 is 2.73 bits per heavy atom. The summed E-state index contributed by atoms with van der Waals surface area (Å²) in [6, 6.07) is 0. The normalized spacial score (nSPS) is 11.0. The highest BCUT2D eigenvalue weighted by Crippen LogP contribution is 1.84. The molecule has 0 aromatic rings. The summed E-state index contributed by atoms with van der Waals surface area (Å²) < 4.78 is 4.71. The Kier molecular flexibility index (Phi) is 5.25. The van der Waals surface area contributed by atoms with Crippen LogP contribution in [0.5, 0.6) is 0 Å². The third kappa shape index (κ3) is 5.45. The van der Waals surface area contributed by atoms with Crippen LogP contribution in [0, 0.1) is 0 Å². The number of esters is 1. The van der Waals surface area contributed by atoms with Gasteiger partial charge in [0.15, 0.2) is 0 Å². The van der Waals surface area contributed by atoms with Gasteiger partial charge in [0, 0.05) is 5.70 Å². The summed E-state index contributed by atoms with van der Waals surface area (Å²) >= 11 is 0. The van der Waals surface area contributed by atoms with Gasteiger partial charge >= 0.3 is 5.97 Å². The standard InChI is InChI=1S/C8H15NO2/c1-4-7(3)9-6-8(10)11-5-2/h4,9H,5-6H2,1-3H3/b7-4+. The monoisotopic (exact) mass is 157 g/mol. The highest BCUT2D eigenvalue weighted by molar-refractivity contribution is 5.71. The van der Waals surface area contributed by atoms with Crippen molar-refractivity contribution in [2.75, 3.05) is 13.2 Å². The van der Waals surface area contributed by atoms with Gasteiger partial charge in [0.2, 0.25) is 0 Å². The number of carbonyl (C=O) groups excluding carboxylic acids is 1. The molecule has 3 heteroatoms. The molecule has 1 N–H and O–H groups in total. The van der Waals surface area contributed by atoms with E-state index in [0.29, 0.717) is 6.61 Å². The second-order valence-electron chi connectivity index (χ2n) is 2.13. The number of nitrogens with one attached hydrogen (secondary N) is 1. The fourth-order valence-electron chi connectivity index (χ4n) is 0.526. The smallest absolute Gasteiger partial charge is 0.325 e. The first kappa shape index (κ1) is 10.0. The molecule has 0 rings (SSSR count). The highest BCUT2D eigenvalue weighted by Gasteiger charge is 1.98. The van der Waals surface area contributed by atoms with E-state index in [1.165, 1.54) is 0 Å². The summed E-state index contributed by atoms with van der Waals surface area (Å²) in [4.78, 5) is 10.8. The Morgan fingerprint density at radius 2 is 2.27 bits per heavy atom. The molecule has 11 heavy (non-hydrogen) atoms. The molecular formula is C8H15NO2. The van der Waals surface area contributed by atoms with Gasteiger partial charge in [0.25, 0.3) is 0 Å². The molecule has 0 saturated carbocycles. The number of rotatable bonds is 4. The Balaban J connectivity index is 3.46. The van der Waals surface area contributed by atoms with E-state index < -0.39 is 0 Å². The molecule has 0 bridgehead atoms. The van der Waals surface area contributed by atoms with Crippen LogP contribution >= 0.6 is 0 Å². The summed E-state index contributed by atoms with van der Waals surface area (Å²) in [7, 11) is 0. The van der Waals surface area contributed by atoms with Crippen LogP contribution in [-0.2, 0) is 9.53 Å². The lowest BCUT2D eigenvalue weighted by Gasteiger charge is -2.04. The van der Waals surface area contributed by atoms with E-state index >= 15 is 0 Å². The number of carbonyl (C=O) groups is 1. The second kappa shape index (κ2) is 5.77. The first-order chi connectivity index (χ1) is 5.20. The van der Waals surface area contributed by atoms with E-state index in [1.54, 1.807) is 6.92 Å². The third-order valence-corrected chi connectivity index (χ3v) is 1.25. The van der Waals surface area contributed by atoms with Gasteiger partial charge in [0.1, 0.15) is 6.54 Å². The minimum absolute atomic E-state index is 0.214. The van der Waals surface area contributed by atoms with E-state index in [1.807, 2.05) is 19.9 Å². The van der Waals surface area contributed by atoms with E-state index in [2.05, 4.69) is 5.32 Å². The van der Waals surface area contributed by atoms with Crippen LogP contribution in [0.1, 0.15) is 20.8 Å². The van der Waals surface area contributed by atoms with Crippen molar-refractivity contribution in [3.63, 3.8) is 0 Å². The zero-order valence-corrected chi connectivity index (χ0v) is 7.31. The lowest BCUT2D eigenvalue weighted by atomic mass is 10.4. The summed E-state index contributed by atoms with van der Waals surface area (Å²) in [5.74, 6) is -0.214. The van der Waals surface area contributed by atoms with Gasteiger partial charge in [-0.2, -0.15) is 0 Å². The van der Waals surface area contributed by atoms with Crippen molar-refractivity contribution < 1.29 is 9.53 Å². The van der Waals surface area contributed by atoms with Gasteiger partial charge in [-0.3, -0.25) is 4.79 Å². The van der Waals surface area contributed by atoms with Crippen molar-refractivity contribution in [1.29, 1.82) is 0 Å². The maximum Gasteiger partial charge on any atom is 0.325 e. The summed E-state index contributed by atoms with van der Waals surface area (Å²) in [5.41, 5.74) is 0.984. The third-order valence-electron chi connectivity index (χ3n) is 1.25. The van der Waals surface area contributed by atoms with Crippen LogP contribution < -0.4 is 5.32 Å². The van der Waals surface area contributed by atoms with Crippen LogP contribution in [0.4, 0.5) is 0 Å². The number of hydrogen-bond acceptors (Lipinski definition) is 3. The lowest BCUT2D eigenvalue weighted by Crippen LogP contribution is -2.23. The summed E-state index contributed by atoms with van der Waals surface area (Å²) in [6.07, 6.45) is 1.90. The average Bonchev–Trinajstić information content (AvgIpc) is 2.01. The number of allylic oxidation sites excluding steroid dienone is 2. The minimum atomic E-state index is -0.214. The fourth-order valence-corrected chi connectivity index (χ4v) is 0.526. The number of hydrogen-bond donors (Lipinski definition) is 1. The highest BCUT2D eigenvalue weighted by atomic mass is 16.5. The van der Waals surface area contributed by atoms with Crippen molar-refractivity contribution in [2.45, 2.75) is 20.8 Å². The van der Waals surface area contributed by atoms with Crippen molar-refractivity contribution in [3.8, 4) is 0 Å². The van der Waals surface area contributed by atoms with E-state index in [4.69, 9.17) is 4.74 Å². The Bertz CT molecular complexity index is 152. The molecule has 0 atom stereocenters. The maximum absolute atomic E-state index is 10.8. The molecule has 3 nitrogen and oxygen atoms in total. The average molecular weight is 157 g/mol. The zero-order valence-electron chi connectivity index (χ0n) is 7.31. The first-order valence-electron chi connectivity index (χ1n) is 3.73. The Hall–Kier alpha value is -0.990. The molecule has 0 spiro atoms. The Labute approximate surface area is 67.4 Å². The Morgan fingerprint density at radius 1 is 1.64 bits per heavy atom. The van der Waals surface area contributed by atoms with Crippen LogP contribution in [0.3, 0.4) is 0 Å². The molecule has 0 amide bonds. The van der Waals surface area contributed by atoms with Crippen molar-refractivity contribution in [3.05, 3.63) is 11.8 Å². The molecule has 0 aromatic heterocycles. The van der Waals surface area contributed by atoms with E-state index in [0.717, 1.165) is 5.70 Å². The van der Waals surface area contributed by atoms with Gasteiger partial charge in [-0.1, -0.05) is 6.08 Å². The second-order valence-corrected chi connectivity index (χ2v) is 2.13. The van der Waals surface area contributed by atoms with E-state index in [-0.39, 0.29) is 12.5 Å². The van der Waals surface area contributed by atoms with Gasteiger partial charge < -0.3 is 10.1 Å². The molecule has 0 aliphatic rings. The minimum Gasteiger partial charge on any atom is -0.465 e. The van der Waals surface area contributed by atoms with Gasteiger partial charge in [-0.25, -0.2) is 0 Å². The molecule has 0 fully saturated rings. The van der Waals surface area contributed by atoms with Crippen molar-refractivity contribution in [2.24, 2.45) is 0 Å². The van der Waals surface area contributed by atoms with Gasteiger partial charge in [-0.05, 0) is 20.8 Å². The van der Waals surface area contributed by atoms with E-state index in [9.17, 15) is 4.79 Å². The fraction of sp³-hybridized carbons (Fsp3) is 0.625. The van der Waals surface area contributed by atoms with Crippen LogP contribution in [0.25, 0.3) is 0 Å². The van der Waals surface area contributed by atoms with Crippen molar-refractivity contribution in [1.82, 2.24) is 5.32 Å². The maximum atomic E-state index is 10.8. The number of ether oxygens (including phenoxy) is 1. The largest absolute Gasteiger partial charge is 0.465 e. The predicted molar refractivity (Wildman–Crippen MR) is 44.1 cm³/mol. The van der Waals surface area contributed by atoms with Crippen LogP contribution in [0.15, 0.2) is 11.8 Å². The molecule has 0 aliphatic heterocycles. The quantitative estimate of drug-likeness (QED) is 0.620. The van der Waals surface area contributed by atoms with Crippen molar-refractivity contribution >= 4 is 5.97 Å². The predicted octanol–water partition coefficient (Wildman–Crippen LogP) is 1.06. The molecular weight excluding hydrogens is 142 g/mol. The molecule has 0 heterocycles. The SMILES string of the molecule is C/C=C(\C)NCC(=O)OCC. The molecule has 0 aliphatic carbocycles. The van der Waals surface area contributed by atoms with Crippen LogP contribution in [-0.4, -0.2) is 19.1 Å². The summed E-state index contributed by atoms with van der Waals surface area (Å²) in [5, 5.41) is 2.90. The van der Waals surface area contributed by atoms with Gasteiger partial charge in [0.05, 0.1) is 6.61 Å². The topological polar surface area (TPSA) is 38.3 Å². The summed E-state index contributed by atoms with van der Waals surface area (Å²) in [6.45, 7) is 6.30. The van der Waals surface area contributed by atoms with Gasteiger partial charge in [-0.15, -0.1) is 0 Å².